The molecule has 5 nitrogen and oxygen atoms in total. The number of benzene rings is 1. The molecule has 0 saturated carbocycles. The molecule has 1 aromatic carbocycles. The largest absolute Gasteiger partial charge is 0.507 e. The van der Waals surface area contributed by atoms with E-state index in [1.54, 1.807) is 18.2 Å². The molecule has 1 aliphatic heterocycles. The number of rotatable bonds is 1. The predicted molar refractivity (Wildman–Crippen MR) is 86.6 cm³/mol. The lowest BCUT2D eigenvalue weighted by atomic mass is 10.0. The van der Waals surface area contributed by atoms with Crippen molar-refractivity contribution >= 4 is 17.8 Å². The second-order valence-corrected chi connectivity index (χ2v) is 5.20. The van der Waals surface area contributed by atoms with E-state index in [0.717, 1.165) is 6.42 Å². The van der Waals surface area contributed by atoms with Gasteiger partial charge in [-0.15, -0.1) is 0 Å². The Hall–Kier alpha value is -2.56. The molecule has 2 rings (SSSR count). The topological polar surface area (TPSA) is 72.8 Å². The molecule has 0 aromatic heterocycles. The Morgan fingerprint density at radius 3 is 2.70 bits per heavy atom. The third-order valence-electron chi connectivity index (χ3n) is 3.47. The quantitative estimate of drug-likeness (QED) is 0.805. The zero-order valence-corrected chi connectivity index (χ0v) is 13.1. The van der Waals surface area contributed by atoms with Gasteiger partial charge >= 0.3 is 5.97 Å². The minimum Gasteiger partial charge on any atom is -0.507 e. The molecule has 5 heteroatoms. The highest BCUT2D eigenvalue weighted by Crippen LogP contribution is 2.29. The number of hydrogen-bond acceptors (Lipinski definition) is 5. The third kappa shape index (κ3) is 4.71. The van der Waals surface area contributed by atoms with Gasteiger partial charge in [0, 0.05) is 12.5 Å². The molecule has 0 bridgehead atoms. The van der Waals surface area contributed by atoms with Gasteiger partial charge in [-0.05, 0) is 37.0 Å². The molecule has 0 unspecified atom stereocenters. The normalized spacial score (nSPS) is 19.2. The summed E-state index contributed by atoms with van der Waals surface area (Å²) in [4.78, 5) is 23.8. The highest BCUT2D eigenvalue weighted by atomic mass is 16.5. The standard InChI is InChI=1S/C18H20O5/c1-22-15-11-13-7-3-2-4-8-14(19)9-5-6-10-23-18(21)17(13)16(20)12-15/h3,5,7,9,11-12,20H,2,4,6,8,10H2,1H3/b7-3+,9-5-. The van der Waals surface area contributed by atoms with Gasteiger partial charge in [-0.1, -0.05) is 18.2 Å². The SMILES string of the molecule is COc1cc(O)c2c(c1)/C=C/CCCC(=O)/C=C\CCOC2=O. The predicted octanol–water partition coefficient (Wildman–Crippen LogP) is 3.27. The first kappa shape index (κ1) is 16.8. The van der Waals surface area contributed by atoms with Crippen LogP contribution in [0.5, 0.6) is 11.5 Å². The maximum absolute atomic E-state index is 12.2. The molecular formula is C18H20O5. The number of aromatic hydroxyl groups is 1. The molecule has 1 N–H and O–H groups in total. The number of cyclic esters (lactones) is 1. The molecule has 0 atom stereocenters. The molecule has 0 amide bonds. The first-order chi connectivity index (χ1) is 11.1. The summed E-state index contributed by atoms with van der Waals surface area (Å²) in [5.41, 5.74) is 0.657. The van der Waals surface area contributed by atoms with Gasteiger partial charge in [0.1, 0.15) is 17.1 Å². The van der Waals surface area contributed by atoms with Crippen molar-refractivity contribution in [1.82, 2.24) is 0 Å². The summed E-state index contributed by atoms with van der Waals surface area (Å²) >= 11 is 0. The van der Waals surface area contributed by atoms with Crippen molar-refractivity contribution in [3.8, 4) is 11.5 Å². The number of esters is 1. The number of carbonyl (C=O) groups is 2. The van der Waals surface area contributed by atoms with Crippen LogP contribution in [0.3, 0.4) is 0 Å². The maximum atomic E-state index is 12.2. The number of ether oxygens (including phenoxy) is 2. The van der Waals surface area contributed by atoms with Crippen molar-refractivity contribution < 1.29 is 24.2 Å². The first-order valence-electron chi connectivity index (χ1n) is 7.56. The van der Waals surface area contributed by atoms with Crippen LogP contribution in [0.15, 0.2) is 30.4 Å². The Morgan fingerprint density at radius 1 is 1.13 bits per heavy atom. The summed E-state index contributed by atoms with van der Waals surface area (Å²) in [5.74, 6) is -0.243. The van der Waals surface area contributed by atoms with E-state index >= 15 is 0 Å². The molecule has 0 fully saturated rings. The van der Waals surface area contributed by atoms with E-state index in [-0.39, 0.29) is 23.7 Å². The number of phenols is 1. The van der Waals surface area contributed by atoms with E-state index in [2.05, 4.69) is 0 Å². The second-order valence-electron chi connectivity index (χ2n) is 5.20. The summed E-state index contributed by atoms with van der Waals surface area (Å²) in [7, 11) is 1.49. The Balaban J connectivity index is 2.33. The summed E-state index contributed by atoms with van der Waals surface area (Å²) in [6.45, 7) is 0.150. The molecule has 0 spiro atoms. The van der Waals surface area contributed by atoms with E-state index in [4.69, 9.17) is 9.47 Å². The van der Waals surface area contributed by atoms with Gasteiger partial charge in [-0.2, -0.15) is 0 Å². The molecule has 1 aromatic rings. The van der Waals surface area contributed by atoms with Crippen molar-refractivity contribution in [2.75, 3.05) is 13.7 Å². The molecule has 122 valence electrons. The van der Waals surface area contributed by atoms with E-state index in [9.17, 15) is 14.7 Å². The van der Waals surface area contributed by atoms with E-state index in [1.165, 1.54) is 19.3 Å². The van der Waals surface area contributed by atoms with Crippen molar-refractivity contribution in [3.63, 3.8) is 0 Å². The Kier molecular flexibility index (Phi) is 5.97. The molecule has 0 radical (unpaired) electrons. The number of allylic oxidation sites excluding steroid dienone is 2. The van der Waals surface area contributed by atoms with Crippen molar-refractivity contribution in [1.29, 1.82) is 0 Å². The fraction of sp³-hybridized carbons (Fsp3) is 0.333. The summed E-state index contributed by atoms with van der Waals surface area (Å²) in [6.07, 6.45) is 9.21. The van der Waals surface area contributed by atoms with Gasteiger partial charge in [0.2, 0.25) is 0 Å². The lowest BCUT2D eigenvalue weighted by Gasteiger charge is -2.11. The highest BCUT2D eigenvalue weighted by molar-refractivity contribution is 5.97. The Morgan fingerprint density at radius 2 is 1.91 bits per heavy atom. The summed E-state index contributed by atoms with van der Waals surface area (Å²) in [5, 5.41) is 10.1. The summed E-state index contributed by atoms with van der Waals surface area (Å²) in [6, 6.07) is 3.05. The van der Waals surface area contributed by atoms with Crippen LogP contribution in [0.4, 0.5) is 0 Å². The molecule has 0 saturated heterocycles. The summed E-state index contributed by atoms with van der Waals surface area (Å²) < 4.78 is 10.3. The number of carbonyl (C=O) groups excluding carboxylic acids is 2. The zero-order chi connectivity index (χ0) is 16.7. The van der Waals surface area contributed by atoms with Crippen LogP contribution in [-0.4, -0.2) is 30.6 Å². The van der Waals surface area contributed by atoms with E-state index in [1.807, 2.05) is 6.08 Å². The fourth-order valence-corrected chi connectivity index (χ4v) is 2.29. The molecule has 1 aliphatic rings. The number of methoxy groups -OCH3 is 1. The van der Waals surface area contributed by atoms with Gasteiger partial charge in [0.05, 0.1) is 13.7 Å². The minimum atomic E-state index is -0.596. The van der Waals surface area contributed by atoms with Gasteiger partial charge in [0.15, 0.2) is 5.78 Å². The van der Waals surface area contributed by atoms with Crippen LogP contribution in [0.1, 0.15) is 41.6 Å². The van der Waals surface area contributed by atoms with Crippen LogP contribution in [0, 0.1) is 0 Å². The lowest BCUT2D eigenvalue weighted by Crippen LogP contribution is -2.09. The zero-order valence-electron chi connectivity index (χ0n) is 13.1. The molecule has 0 aliphatic carbocycles. The number of phenolic OH excluding ortho intramolecular Hbond substituents is 1. The van der Waals surface area contributed by atoms with E-state index in [0.29, 0.717) is 30.6 Å². The van der Waals surface area contributed by atoms with Crippen LogP contribution in [-0.2, 0) is 9.53 Å². The van der Waals surface area contributed by atoms with Gasteiger partial charge in [0.25, 0.3) is 0 Å². The fourth-order valence-electron chi connectivity index (χ4n) is 2.29. The van der Waals surface area contributed by atoms with Crippen LogP contribution in [0.25, 0.3) is 6.08 Å². The van der Waals surface area contributed by atoms with Crippen molar-refractivity contribution in [2.45, 2.75) is 25.7 Å². The first-order valence-corrected chi connectivity index (χ1v) is 7.56. The number of hydrogen-bond donors (Lipinski definition) is 1. The van der Waals surface area contributed by atoms with Gasteiger partial charge < -0.3 is 14.6 Å². The third-order valence-corrected chi connectivity index (χ3v) is 3.47. The van der Waals surface area contributed by atoms with Crippen molar-refractivity contribution in [2.24, 2.45) is 0 Å². The average Bonchev–Trinajstić information content (AvgIpc) is 2.52. The Labute approximate surface area is 135 Å². The molecule has 1 heterocycles. The van der Waals surface area contributed by atoms with Crippen LogP contribution < -0.4 is 4.74 Å². The smallest absolute Gasteiger partial charge is 0.342 e. The average molecular weight is 316 g/mol. The van der Waals surface area contributed by atoms with Gasteiger partial charge in [-0.25, -0.2) is 4.79 Å². The van der Waals surface area contributed by atoms with Gasteiger partial charge in [-0.3, -0.25) is 4.79 Å². The monoisotopic (exact) mass is 316 g/mol. The number of ketones is 1. The molecular weight excluding hydrogens is 296 g/mol. The lowest BCUT2D eigenvalue weighted by molar-refractivity contribution is -0.114. The maximum Gasteiger partial charge on any atom is 0.342 e. The Bertz CT molecular complexity index is 643. The van der Waals surface area contributed by atoms with Crippen LogP contribution in [0.2, 0.25) is 0 Å². The highest BCUT2D eigenvalue weighted by Gasteiger charge is 2.18. The van der Waals surface area contributed by atoms with Crippen LogP contribution >= 0.6 is 0 Å². The van der Waals surface area contributed by atoms with E-state index < -0.39 is 5.97 Å². The van der Waals surface area contributed by atoms with Crippen molar-refractivity contribution in [3.05, 3.63) is 41.5 Å². The minimum absolute atomic E-state index is 0.0708. The number of fused-ring (bicyclic) bond motifs is 1. The second kappa shape index (κ2) is 8.17. The molecule has 23 heavy (non-hydrogen) atoms.